The van der Waals surface area contributed by atoms with Crippen molar-refractivity contribution in [2.45, 2.75) is 70.0 Å². The summed E-state index contributed by atoms with van der Waals surface area (Å²) < 4.78 is 29.4. The first-order valence-electron chi connectivity index (χ1n) is 9.77. The van der Waals surface area contributed by atoms with E-state index in [4.69, 9.17) is 23.7 Å². The van der Waals surface area contributed by atoms with E-state index < -0.39 is 54.1 Å². The van der Waals surface area contributed by atoms with Crippen LogP contribution in [0.4, 0.5) is 5.69 Å². The lowest BCUT2D eigenvalue weighted by Crippen LogP contribution is -2.59. The van der Waals surface area contributed by atoms with E-state index in [0.717, 1.165) is 0 Å². The second-order valence-corrected chi connectivity index (χ2v) is 8.37. The number of aromatic hydroxyl groups is 1. The Bertz CT molecular complexity index is 842. The smallest absolute Gasteiger partial charge is 0.252 e. The zero-order chi connectivity index (χ0) is 21.7. The molecule has 0 radical (unpaired) electrons. The summed E-state index contributed by atoms with van der Waals surface area (Å²) in [4.78, 5) is 25.0. The third-order valence-electron chi connectivity index (χ3n) is 5.01. The summed E-state index contributed by atoms with van der Waals surface area (Å²) in [6.45, 7) is 6.68. The molecule has 3 aliphatic heterocycles. The van der Waals surface area contributed by atoms with Gasteiger partial charge in [-0.2, -0.15) is 0 Å². The number of ether oxygens (including phenoxy) is 5. The fourth-order valence-corrected chi connectivity index (χ4v) is 3.87. The first kappa shape index (κ1) is 21.0. The Morgan fingerprint density at radius 1 is 0.967 bits per heavy atom. The molecular weight excluding hydrogens is 396 g/mol. The van der Waals surface area contributed by atoms with Crippen LogP contribution in [-0.2, 0) is 33.3 Å². The van der Waals surface area contributed by atoms with Crippen molar-refractivity contribution in [1.82, 2.24) is 5.32 Å². The van der Waals surface area contributed by atoms with E-state index in [9.17, 15) is 14.7 Å². The molecule has 10 heteroatoms. The number of phenols is 1. The van der Waals surface area contributed by atoms with Crippen LogP contribution in [-0.4, -0.2) is 65.7 Å². The number of para-hydroxylation sites is 2. The van der Waals surface area contributed by atoms with Gasteiger partial charge in [0.1, 0.15) is 24.1 Å². The molecule has 0 spiro atoms. The molecule has 0 aromatic heterocycles. The van der Waals surface area contributed by atoms with Crippen molar-refractivity contribution in [3.05, 3.63) is 24.3 Å². The minimum atomic E-state index is -1.05. The van der Waals surface area contributed by atoms with Gasteiger partial charge < -0.3 is 39.4 Å². The van der Waals surface area contributed by atoms with Crippen LogP contribution in [0.25, 0.3) is 0 Å². The van der Waals surface area contributed by atoms with Gasteiger partial charge in [-0.25, -0.2) is 0 Å². The van der Waals surface area contributed by atoms with E-state index in [1.807, 2.05) is 0 Å². The second kappa shape index (κ2) is 7.47. The van der Waals surface area contributed by atoms with Crippen LogP contribution in [0.2, 0.25) is 0 Å². The monoisotopic (exact) mass is 422 g/mol. The summed E-state index contributed by atoms with van der Waals surface area (Å²) in [5, 5.41) is 14.8. The van der Waals surface area contributed by atoms with Gasteiger partial charge >= 0.3 is 0 Å². The molecule has 1 aromatic carbocycles. The maximum Gasteiger partial charge on any atom is 0.252 e. The zero-order valence-electron chi connectivity index (χ0n) is 17.2. The summed E-state index contributed by atoms with van der Waals surface area (Å²) >= 11 is 0. The molecule has 30 heavy (non-hydrogen) atoms. The van der Waals surface area contributed by atoms with E-state index >= 15 is 0 Å². The van der Waals surface area contributed by atoms with E-state index in [1.165, 1.54) is 6.07 Å². The Balaban J connectivity index is 1.41. The minimum absolute atomic E-state index is 0.0681. The first-order chi connectivity index (χ1) is 14.0. The van der Waals surface area contributed by atoms with Crippen LogP contribution in [0.3, 0.4) is 0 Å². The van der Waals surface area contributed by atoms with Gasteiger partial charge in [0.05, 0.1) is 12.2 Å². The van der Waals surface area contributed by atoms with E-state index in [0.29, 0.717) is 0 Å². The van der Waals surface area contributed by atoms with E-state index in [1.54, 1.807) is 45.9 Å². The molecule has 0 aliphatic carbocycles. The Hall–Kier alpha value is -2.24. The molecule has 5 atom stereocenters. The van der Waals surface area contributed by atoms with Crippen LogP contribution in [0.5, 0.6) is 5.75 Å². The summed E-state index contributed by atoms with van der Waals surface area (Å²) in [5.74, 6) is -2.92. The molecule has 0 unspecified atom stereocenters. The van der Waals surface area contributed by atoms with Crippen molar-refractivity contribution in [3.8, 4) is 5.75 Å². The van der Waals surface area contributed by atoms with Crippen LogP contribution in [0.1, 0.15) is 27.7 Å². The highest BCUT2D eigenvalue weighted by Gasteiger charge is 2.62. The third kappa shape index (κ3) is 4.14. The molecular formula is C20H26N2O8. The molecule has 0 saturated carbocycles. The molecule has 164 valence electrons. The molecule has 3 heterocycles. The second-order valence-electron chi connectivity index (χ2n) is 8.37. The minimum Gasteiger partial charge on any atom is -0.506 e. The molecule has 3 aliphatic rings. The molecule has 10 nitrogen and oxygen atoms in total. The number of hydrogen-bond donors (Lipinski definition) is 3. The summed E-state index contributed by atoms with van der Waals surface area (Å²) in [7, 11) is 0. The van der Waals surface area contributed by atoms with Gasteiger partial charge in [0.25, 0.3) is 5.91 Å². The summed E-state index contributed by atoms with van der Waals surface area (Å²) in [6, 6.07) is 6.31. The number of phenolic OH excluding ortho intramolecular Hbond substituents is 1. The Kier molecular flexibility index (Phi) is 5.23. The molecule has 3 N–H and O–H groups in total. The highest BCUT2D eigenvalue weighted by atomic mass is 16.9. The largest absolute Gasteiger partial charge is 0.506 e. The number of carbonyl (C=O) groups is 2. The number of amides is 2. The van der Waals surface area contributed by atoms with E-state index in [-0.39, 0.29) is 18.0 Å². The van der Waals surface area contributed by atoms with Gasteiger partial charge in [-0.3, -0.25) is 9.59 Å². The van der Waals surface area contributed by atoms with Crippen molar-refractivity contribution >= 4 is 17.5 Å². The molecule has 0 bridgehead atoms. The van der Waals surface area contributed by atoms with Crippen molar-refractivity contribution in [2.75, 3.05) is 11.9 Å². The van der Waals surface area contributed by atoms with Gasteiger partial charge in [0.2, 0.25) is 5.91 Å². The quantitative estimate of drug-likeness (QED) is 0.610. The van der Waals surface area contributed by atoms with E-state index in [2.05, 4.69) is 10.6 Å². The van der Waals surface area contributed by atoms with Crippen LogP contribution in [0.15, 0.2) is 24.3 Å². The van der Waals surface area contributed by atoms with Crippen molar-refractivity contribution in [2.24, 2.45) is 0 Å². The maximum atomic E-state index is 12.8. The first-order valence-corrected chi connectivity index (χ1v) is 9.77. The highest BCUT2D eigenvalue weighted by Crippen LogP contribution is 2.44. The fourth-order valence-electron chi connectivity index (χ4n) is 3.87. The van der Waals surface area contributed by atoms with Crippen LogP contribution in [0, 0.1) is 0 Å². The molecule has 2 amide bonds. The zero-order valence-corrected chi connectivity index (χ0v) is 17.2. The van der Waals surface area contributed by atoms with Gasteiger partial charge in [-0.05, 0) is 39.8 Å². The number of nitrogens with one attached hydrogen (secondary N) is 2. The normalized spacial score (nSPS) is 33.4. The van der Waals surface area contributed by atoms with Crippen molar-refractivity contribution in [3.63, 3.8) is 0 Å². The van der Waals surface area contributed by atoms with Gasteiger partial charge in [-0.15, -0.1) is 0 Å². The standard InChI is InChI=1S/C20H26N2O8/c1-19(2)27-13-14(28-19)16-18(30-20(3,4)29-16)26-15(13)17(25)21-9-12(24)22-10-7-5-6-8-11(10)23/h5-8,13-16,18,23H,9H2,1-4H3,(H,21,25)(H,22,24)/t13-,14+,15+,16-,18-/m1/s1. The number of fused-ring (bicyclic) bond motifs is 3. The number of anilines is 1. The third-order valence-corrected chi connectivity index (χ3v) is 5.01. The predicted molar refractivity (Wildman–Crippen MR) is 102 cm³/mol. The average Bonchev–Trinajstić information content (AvgIpc) is 3.14. The summed E-state index contributed by atoms with van der Waals surface area (Å²) in [5.41, 5.74) is 0.251. The summed E-state index contributed by atoms with van der Waals surface area (Å²) in [6.07, 6.45) is -3.68. The molecule has 1 aromatic rings. The maximum absolute atomic E-state index is 12.8. The van der Waals surface area contributed by atoms with Crippen molar-refractivity contribution < 1.29 is 38.4 Å². The molecule has 3 fully saturated rings. The van der Waals surface area contributed by atoms with Crippen LogP contribution >= 0.6 is 0 Å². The lowest BCUT2D eigenvalue weighted by atomic mass is 9.98. The lowest BCUT2D eigenvalue weighted by molar-refractivity contribution is -0.231. The predicted octanol–water partition coefficient (Wildman–Crippen LogP) is 0.843. The molecule has 4 rings (SSSR count). The van der Waals surface area contributed by atoms with Gasteiger partial charge in [-0.1, -0.05) is 12.1 Å². The Labute approximate surface area is 173 Å². The Morgan fingerprint density at radius 2 is 1.60 bits per heavy atom. The topological polar surface area (TPSA) is 125 Å². The number of carbonyl (C=O) groups excluding carboxylic acids is 2. The average molecular weight is 422 g/mol. The highest BCUT2D eigenvalue weighted by molar-refractivity contribution is 5.96. The lowest BCUT2D eigenvalue weighted by Gasteiger charge is -2.36. The van der Waals surface area contributed by atoms with Crippen molar-refractivity contribution in [1.29, 1.82) is 0 Å². The molecule has 3 saturated heterocycles. The number of rotatable bonds is 4. The van der Waals surface area contributed by atoms with Gasteiger partial charge in [0.15, 0.2) is 24.0 Å². The fraction of sp³-hybridized carbons (Fsp3) is 0.600. The Morgan fingerprint density at radius 3 is 2.33 bits per heavy atom. The van der Waals surface area contributed by atoms with Gasteiger partial charge in [0, 0.05) is 0 Å². The van der Waals surface area contributed by atoms with Crippen LogP contribution < -0.4 is 10.6 Å². The number of benzene rings is 1. The number of hydrogen-bond acceptors (Lipinski definition) is 8. The SMILES string of the molecule is CC1(C)O[C@H]2[C@@H](O1)[C@@H](C(=O)NCC(=O)Nc1ccccc1O)O[C@@H]1OC(C)(C)O[C@@H]12.